The van der Waals surface area contributed by atoms with Gasteiger partial charge in [0, 0.05) is 18.1 Å². The predicted molar refractivity (Wildman–Crippen MR) is 111 cm³/mol. The van der Waals surface area contributed by atoms with Crippen molar-refractivity contribution in [3.63, 3.8) is 0 Å². The van der Waals surface area contributed by atoms with Crippen molar-refractivity contribution in [2.24, 2.45) is 4.99 Å². The fourth-order valence-electron chi connectivity index (χ4n) is 2.17. The third kappa shape index (κ3) is 6.97. The fraction of sp³-hybridized carbons (Fsp3) is 0.278. The average Bonchev–Trinajstić information content (AvgIpc) is 2.54. The van der Waals surface area contributed by atoms with E-state index in [1.807, 2.05) is 43.3 Å². The molecule has 2 aromatic rings. The predicted octanol–water partition coefficient (Wildman–Crippen LogP) is 3.96. The number of aromatic hydroxyl groups is 1. The van der Waals surface area contributed by atoms with Crippen LogP contribution in [0.25, 0.3) is 0 Å². The number of guanidine groups is 1. The molecule has 3 N–H and O–H groups in total. The molecule has 2 aromatic carbocycles. The zero-order valence-electron chi connectivity index (χ0n) is 13.6. The SMILES string of the molecule is CCNC(=NCc1ccccc1Cl)NCCc1cccc(O)c1.I. The van der Waals surface area contributed by atoms with Crippen LogP contribution < -0.4 is 10.6 Å². The van der Waals surface area contributed by atoms with E-state index in [-0.39, 0.29) is 24.0 Å². The number of phenols is 1. The molecule has 0 aromatic heterocycles. The van der Waals surface area contributed by atoms with Gasteiger partial charge < -0.3 is 15.7 Å². The van der Waals surface area contributed by atoms with E-state index in [1.165, 1.54) is 0 Å². The highest BCUT2D eigenvalue weighted by atomic mass is 127. The first-order valence-electron chi connectivity index (χ1n) is 7.72. The lowest BCUT2D eigenvalue weighted by Crippen LogP contribution is -2.38. The zero-order chi connectivity index (χ0) is 16.5. The Balaban J connectivity index is 0.00000288. The van der Waals surface area contributed by atoms with Crippen LogP contribution in [0.1, 0.15) is 18.1 Å². The number of rotatable bonds is 6. The van der Waals surface area contributed by atoms with Crippen molar-refractivity contribution in [2.45, 2.75) is 19.9 Å². The summed E-state index contributed by atoms with van der Waals surface area (Å²) in [6, 6.07) is 15.0. The molecule has 24 heavy (non-hydrogen) atoms. The highest BCUT2D eigenvalue weighted by Crippen LogP contribution is 2.15. The number of nitrogens with one attached hydrogen (secondary N) is 2. The van der Waals surface area contributed by atoms with E-state index in [0.29, 0.717) is 12.3 Å². The first kappa shape index (κ1) is 20.6. The molecular weight excluding hydrogens is 437 g/mol. The molecule has 0 unspecified atom stereocenters. The summed E-state index contributed by atoms with van der Waals surface area (Å²) in [7, 11) is 0. The second-order valence-corrected chi connectivity index (χ2v) is 5.54. The van der Waals surface area contributed by atoms with Crippen LogP contribution in [0.4, 0.5) is 0 Å². The minimum Gasteiger partial charge on any atom is -0.508 e. The number of halogens is 2. The molecule has 130 valence electrons. The number of hydrogen-bond donors (Lipinski definition) is 3. The van der Waals surface area contributed by atoms with E-state index in [2.05, 4.69) is 15.6 Å². The van der Waals surface area contributed by atoms with Crippen molar-refractivity contribution in [2.75, 3.05) is 13.1 Å². The molecular formula is C18H23ClIN3O. The lowest BCUT2D eigenvalue weighted by Gasteiger charge is -2.11. The van der Waals surface area contributed by atoms with E-state index >= 15 is 0 Å². The molecule has 0 aliphatic carbocycles. The maximum atomic E-state index is 9.47. The molecule has 0 fully saturated rings. The standard InChI is InChI=1S/C18H22ClN3O.HI/c1-2-20-18(22-13-15-7-3-4-9-17(15)19)21-11-10-14-6-5-8-16(23)12-14;/h3-9,12,23H,2,10-11,13H2,1H3,(H2,20,21,22);1H. The Hall–Kier alpha value is -1.47. The van der Waals surface area contributed by atoms with Gasteiger partial charge in [-0.25, -0.2) is 4.99 Å². The molecule has 6 heteroatoms. The van der Waals surface area contributed by atoms with E-state index in [4.69, 9.17) is 11.6 Å². The summed E-state index contributed by atoms with van der Waals surface area (Å²) in [5.74, 6) is 1.05. The second kappa shape index (κ2) is 11.1. The smallest absolute Gasteiger partial charge is 0.191 e. The lowest BCUT2D eigenvalue weighted by atomic mass is 10.1. The van der Waals surface area contributed by atoms with Crippen molar-refractivity contribution >= 4 is 41.5 Å². The van der Waals surface area contributed by atoms with Gasteiger partial charge in [-0.2, -0.15) is 0 Å². The van der Waals surface area contributed by atoms with Gasteiger partial charge in [-0.3, -0.25) is 0 Å². The Morgan fingerprint density at radius 3 is 2.62 bits per heavy atom. The van der Waals surface area contributed by atoms with Crippen molar-refractivity contribution in [3.8, 4) is 5.75 Å². The van der Waals surface area contributed by atoms with Crippen LogP contribution in [0.3, 0.4) is 0 Å². The van der Waals surface area contributed by atoms with Crippen LogP contribution in [0.5, 0.6) is 5.75 Å². The Morgan fingerprint density at radius 2 is 1.92 bits per heavy atom. The van der Waals surface area contributed by atoms with Crippen LogP contribution in [0.2, 0.25) is 5.02 Å². The quantitative estimate of drug-likeness (QED) is 0.348. The van der Waals surface area contributed by atoms with Gasteiger partial charge in [-0.15, -0.1) is 24.0 Å². The van der Waals surface area contributed by atoms with E-state index in [1.54, 1.807) is 12.1 Å². The summed E-state index contributed by atoms with van der Waals surface area (Å²) in [5.41, 5.74) is 2.08. The largest absolute Gasteiger partial charge is 0.508 e. The topological polar surface area (TPSA) is 56.7 Å². The molecule has 0 saturated carbocycles. The van der Waals surface area contributed by atoms with E-state index in [9.17, 15) is 5.11 Å². The Bertz CT molecular complexity index is 664. The van der Waals surface area contributed by atoms with Gasteiger partial charge in [0.1, 0.15) is 5.75 Å². The molecule has 0 aliphatic heterocycles. The average molecular weight is 460 g/mol. The molecule has 0 atom stereocenters. The molecule has 2 rings (SSSR count). The third-order valence-electron chi connectivity index (χ3n) is 3.33. The number of aliphatic imine (C=N–C) groups is 1. The third-order valence-corrected chi connectivity index (χ3v) is 3.69. The van der Waals surface area contributed by atoms with Crippen LogP contribution in [-0.4, -0.2) is 24.2 Å². The molecule has 0 spiro atoms. The molecule has 0 bridgehead atoms. The Kier molecular flexibility index (Phi) is 9.56. The van der Waals surface area contributed by atoms with E-state index in [0.717, 1.165) is 41.6 Å². The minimum absolute atomic E-state index is 0. The highest BCUT2D eigenvalue weighted by molar-refractivity contribution is 14.0. The Morgan fingerprint density at radius 1 is 1.12 bits per heavy atom. The van der Waals surface area contributed by atoms with Crippen molar-refractivity contribution in [1.29, 1.82) is 0 Å². The van der Waals surface area contributed by atoms with E-state index < -0.39 is 0 Å². The number of hydrogen-bond acceptors (Lipinski definition) is 2. The van der Waals surface area contributed by atoms with Crippen molar-refractivity contribution in [1.82, 2.24) is 10.6 Å². The highest BCUT2D eigenvalue weighted by Gasteiger charge is 2.01. The van der Waals surface area contributed by atoms with Crippen LogP contribution >= 0.6 is 35.6 Å². The monoisotopic (exact) mass is 459 g/mol. The summed E-state index contributed by atoms with van der Waals surface area (Å²) in [4.78, 5) is 4.55. The summed E-state index contributed by atoms with van der Waals surface area (Å²) < 4.78 is 0. The maximum absolute atomic E-state index is 9.47. The van der Waals surface area contributed by atoms with Crippen LogP contribution in [0, 0.1) is 0 Å². The Labute approximate surface area is 165 Å². The van der Waals surface area contributed by atoms with Gasteiger partial charge in [0.25, 0.3) is 0 Å². The van der Waals surface area contributed by atoms with Gasteiger partial charge in [0.15, 0.2) is 5.96 Å². The molecule has 0 aliphatic rings. The summed E-state index contributed by atoms with van der Waals surface area (Å²) in [6.45, 7) is 4.08. The van der Waals surface area contributed by atoms with Crippen LogP contribution in [-0.2, 0) is 13.0 Å². The maximum Gasteiger partial charge on any atom is 0.191 e. The molecule has 0 radical (unpaired) electrons. The summed E-state index contributed by atoms with van der Waals surface area (Å²) in [5, 5.41) is 16.7. The minimum atomic E-state index is 0. The summed E-state index contributed by atoms with van der Waals surface area (Å²) >= 11 is 6.15. The van der Waals surface area contributed by atoms with Gasteiger partial charge in [0.2, 0.25) is 0 Å². The zero-order valence-corrected chi connectivity index (χ0v) is 16.7. The molecule has 0 heterocycles. The van der Waals surface area contributed by atoms with Gasteiger partial charge in [-0.05, 0) is 42.7 Å². The van der Waals surface area contributed by atoms with Gasteiger partial charge >= 0.3 is 0 Å². The molecule has 0 amide bonds. The first-order valence-corrected chi connectivity index (χ1v) is 8.10. The first-order chi connectivity index (χ1) is 11.2. The second-order valence-electron chi connectivity index (χ2n) is 5.13. The van der Waals surface area contributed by atoms with Gasteiger partial charge in [-0.1, -0.05) is 41.9 Å². The molecule has 0 saturated heterocycles. The normalized spacial score (nSPS) is 10.8. The lowest BCUT2D eigenvalue weighted by molar-refractivity contribution is 0.474. The number of phenolic OH excluding ortho intramolecular Hbond substituents is 1. The van der Waals surface area contributed by atoms with Crippen LogP contribution in [0.15, 0.2) is 53.5 Å². The summed E-state index contributed by atoms with van der Waals surface area (Å²) in [6.07, 6.45) is 0.810. The fourth-order valence-corrected chi connectivity index (χ4v) is 2.37. The van der Waals surface area contributed by atoms with Crippen molar-refractivity contribution in [3.05, 3.63) is 64.7 Å². The van der Waals surface area contributed by atoms with Gasteiger partial charge in [0.05, 0.1) is 6.54 Å². The molecule has 4 nitrogen and oxygen atoms in total. The number of nitrogens with zero attached hydrogens (tertiary/aromatic N) is 1. The van der Waals surface area contributed by atoms with Crippen molar-refractivity contribution < 1.29 is 5.11 Å². The number of benzene rings is 2.